The Morgan fingerprint density at radius 1 is 0.958 bits per heavy atom. The van der Waals surface area contributed by atoms with Crippen LogP contribution in [0, 0.1) is 25.7 Å². The molecular weight excluding hydrogens is 628 g/mol. The summed E-state index contributed by atoms with van der Waals surface area (Å²) < 4.78 is 33.4. The monoisotopic (exact) mass is 660 g/mol. The number of ether oxygens (including phenoxy) is 1. The largest absolute Gasteiger partial charge is 0.497 e. The minimum atomic E-state index is -4.15. The molecular formula is C37H32N4O6S. The second-order valence-electron chi connectivity index (χ2n) is 10.9. The number of aryl methyl sites for hydroxylation is 2. The van der Waals surface area contributed by atoms with Gasteiger partial charge in [-0.25, -0.2) is 8.42 Å². The molecule has 10 nitrogen and oxygen atoms in total. The Hall–Kier alpha value is -5.99. The van der Waals surface area contributed by atoms with Crippen LogP contribution in [0.25, 0.3) is 10.9 Å². The number of fused-ring (bicyclic) bond motifs is 1. The van der Waals surface area contributed by atoms with Crippen molar-refractivity contribution in [2.45, 2.75) is 36.5 Å². The molecule has 0 aliphatic heterocycles. The maximum absolute atomic E-state index is 14.0. The van der Waals surface area contributed by atoms with E-state index in [0.29, 0.717) is 52.1 Å². The van der Waals surface area contributed by atoms with Gasteiger partial charge in [0.2, 0.25) is 9.84 Å². The number of nitrogens with one attached hydrogen (secondary N) is 2. The summed E-state index contributed by atoms with van der Waals surface area (Å²) in [6.45, 7) is 3.55. The van der Waals surface area contributed by atoms with Crippen molar-refractivity contribution < 1.29 is 27.5 Å². The van der Waals surface area contributed by atoms with Crippen LogP contribution in [0.1, 0.15) is 50.2 Å². The van der Waals surface area contributed by atoms with E-state index in [1.54, 1.807) is 43.3 Å². The van der Waals surface area contributed by atoms with Crippen LogP contribution in [-0.4, -0.2) is 38.6 Å². The van der Waals surface area contributed by atoms with Gasteiger partial charge in [-0.1, -0.05) is 24.0 Å². The third-order valence-corrected chi connectivity index (χ3v) is 9.28. The zero-order chi connectivity index (χ0) is 34.4. The number of primary amides is 1. The standard InChI is InChI=1S/C37H32N4O6S/c1-23-17-25(9-5-4-6-16-42)14-15-33(23)41-37(44)26-10-7-13-29(19-26)48(45,46)30-18-24(2)34-31(21-30)35(32(22-39-34)36(38)43)40-27-11-8-12-28(20-27)47-3/h7-8,10-22H,4,6H2,1-3H3,(H2,38,43)(H,39,40)(H,41,44). The Morgan fingerprint density at radius 3 is 2.48 bits per heavy atom. The molecule has 0 aliphatic rings. The lowest BCUT2D eigenvalue weighted by Gasteiger charge is -2.16. The number of nitrogens with zero attached hydrogens (tertiary/aromatic N) is 1. The molecule has 48 heavy (non-hydrogen) atoms. The van der Waals surface area contributed by atoms with E-state index >= 15 is 0 Å². The number of carbonyl (C=O) groups excluding carboxylic acids is 3. The molecule has 0 spiro atoms. The van der Waals surface area contributed by atoms with Gasteiger partial charge in [0.05, 0.1) is 33.7 Å². The van der Waals surface area contributed by atoms with Gasteiger partial charge < -0.3 is 25.9 Å². The van der Waals surface area contributed by atoms with Crippen LogP contribution in [-0.2, 0) is 14.6 Å². The molecule has 0 bridgehead atoms. The summed E-state index contributed by atoms with van der Waals surface area (Å²) in [5, 5.41) is 6.41. The van der Waals surface area contributed by atoms with Crippen LogP contribution in [0.15, 0.2) is 94.9 Å². The van der Waals surface area contributed by atoms with Gasteiger partial charge in [0.15, 0.2) is 0 Å². The van der Waals surface area contributed by atoms with Crippen LogP contribution in [0.3, 0.4) is 0 Å². The van der Waals surface area contributed by atoms with Gasteiger partial charge >= 0.3 is 0 Å². The van der Waals surface area contributed by atoms with E-state index in [-0.39, 0.29) is 20.9 Å². The number of carbonyl (C=O) groups is 3. The Labute approximate surface area is 278 Å². The van der Waals surface area contributed by atoms with Crippen molar-refractivity contribution in [1.29, 1.82) is 0 Å². The molecule has 1 heterocycles. The number of sulfone groups is 1. The average molecular weight is 661 g/mol. The number of aromatic nitrogens is 1. The molecule has 1 aromatic heterocycles. The molecule has 4 aromatic carbocycles. The molecule has 2 amide bonds. The first-order chi connectivity index (χ1) is 23.0. The lowest BCUT2D eigenvalue weighted by molar-refractivity contribution is -0.107. The van der Waals surface area contributed by atoms with Crippen LogP contribution in [0.5, 0.6) is 5.75 Å². The van der Waals surface area contributed by atoms with E-state index in [1.807, 2.05) is 13.0 Å². The normalized spacial score (nSPS) is 10.9. The molecule has 4 N–H and O–H groups in total. The smallest absolute Gasteiger partial charge is 0.255 e. The van der Waals surface area contributed by atoms with Crippen LogP contribution in [0.2, 0.25) is 0 Å². The van der Waals surface area contributed by atoms with Crippen molar-refractivity contribution in [3.8, 4) is 17.6 Å². The second-order valence-corrected chi connectivity index (χ2v) is 12.9. The fourth-order valence-electron chi connectivity index (χ4n) is 5.08. The molecule has 11 heteroatoms. The molecule has 0 saturated carbocycles. The maximum Gasteiger partial charge on any atom is 0.255 e. The number of benzene rings is 4. The van der Waals surface area contributed by atoms with E-state index in [1.165, 1.54) is 49.7 Å². The number of rotatable bonds is 10. The van der Waals surface area contributed by atoms with Gasteiger partial charge in [-0.3, -0.25) is 14.6 Å². The van der Waals surface area contributed by atoms with Crippen molar-refractivity contribution in [2.24, 2.45) is 5.73 Å². The van der Waals surface area contributed by atoms with E-state index in [9.17, 15) is 22.8 Å². The highest BCUT2D eigenvalue weighted by Gasteiger charge is 2.23. The number of anilines is 3. The Morgan fingerprint density at radius 2 is 1.75 bits per heavy atom. The predicted octanol–water partition coefficient (Wildman–Crippen LogP) is 6.12. The summed E-state index contributed by atoms with van der Waals surface area (Å²) in [4.78, 5) is 40.5. The molecule has 0 atom stereocenters. The van der Waals surface area contributed by atoms with Crippen molar-refractivity contribution in [2.75, 3.05) is 17.7 Å². The topological polar surface area (TPSA) is 158 Å². The fourth-order valence-corrected chi connectivity index (χ4v) is 6.50. The molecule has 0 fully saturated rings. The lowest BCUT2D eigenvalue weighted by atomic mass is 10.1. The summed E-state index contributed by atoms with van der Waals surface area (Å²) in [7, 11) is -2.62. The Bertz CT molecular complexity index is 2250. The highest BCUT2D eigenvalue weighted by molar-refractivity contribution is 7.91. The number of aldehydes is 1. The van der Waals surface area contributed by atoms with E-state index in [0.717, 1.165) is 17.4 Å². The van der Waals surface area contributed by atoms with Gasteiger partial charge in [-0.05, 0) is 85.6 Å². The highest BCUT2D eigenvalue weighted by Crippen LogP contribution is 2.35. The summed E-state index contributed by atoms with van der Waals surface area (Å²) >= 11 is 0. The average Bonchev–Trinajstić information content (AvgIpc) is 3.08. The Balaban J connectivity index is 1.49. The van der Waals surface area contributed by atoms with Crippen molar-refractivity contribution in [1.82, 2.24) is 4.98 Å². The predicted molar refractivity (Wildman–Crippen MR) is 184 cm³/mol. The first-order valence-corrected chi connectivity index (χ1v) is 16.3. The zero-order valence-corrected chi connectivity index (χ0v) is 27.3. The lowest BCUT2D eigenvalue weighted by Crippen LogP contribution is -2.15. The molecule has 0 aliphatic carbocycles. The van der Waals surface area contributed by atoms with Crippen LogP contribution >= 0.6 is 0 Å². The first-order valence-electron chi connectivity index (χ1n) is 14.9. The number of methoxy groups -OCH3 is 1. The number of hydrogen-bond acceptors (Lipinski definition) is 8. The fraction of sp³-hybridized carbons (Fsp3) is 0.135. The summed E-state index contributed by atoms with van der Waals surface area (Å²) in [6.07, 6.45) is 3.00. The number of pyridine rings is 1. The van der Waals surface area contributed by atoms with Gasteiger partial charge in [-0.2, -0.15) is 0 Å². The molecule has 0 saturated heterocycles. The number of hydrogen-bond donors (Lipinski definition) is 3. The maximum atomic E-state index is 14.0. The van der Waals surface area contributed by atoms with Gasteiger partial charge in [-0.15, -0.1) is 0 Å². The summed E-state index contributed by atoms with van der Waals surface area (Å²) in [5.74, 6) is 5.26. The van der Waals surface area contributed by atoms with E-state index < -0.39 is 21.7 Å². The Kier molecular flexibility index (Phi) is 9.87. The van der Waals surface area contributed by atoms with Crippen LogP contribution in [0.4, 0.5) is 17.1 Å². The number of amides is 2. The van der Waals surface area contributed by atoms with Gasteiger partial charge in [0, 0.05) is 53.0 Å². The van der Waals surface area contributed by atoms with Crippen molar-refractivity contribution in [3.05, 3.63) is 113 Å². The third-order valence-electron chi connectivity index (χ3n) is 7.55. The highest BCUT2D eigenvalue weighted by atomic mass is 32.2. The van der Waals surface area contributed by atoms with Crippen LogP contribution < -0.4 is 21.1 Å². The van der Waals surface area contributed by atoms with E-state index in [2.05, 4.69) is 27.5 Å². The molecule has 5 rings (SSSR count). The minimum absolute atomic E-state index is 0.0529. The zero-order valence-electron chi connectivity index (χ0n) is 26.5. The van der Waals surface area contributed by atoms with E-state index in [4.69, 9.17) is 10.5 Å². The van der Waals surface area contributed by atoms with Gasteiger partial charge in [0.25, 0.3) is 11.8 Å². The molecule has 5 aromatic rings. The number of nitrogens with two attached hydrogens (primary N) is 1. The summed E-state index contributed by atoms with van der Waals surface area (Å²) in [6, 6.07) is 21.0. The summed E-state index contributed by atoms with van der Waals surface area (Å²) in [5.41, 5.74) is 9.88. The minimum Gasteiger partial charge on any atom is -0.497 e. The van der Waals surface area contributed by atoms with Crippen molar-refractivity contribution >= 4 is 55.9 Å². The second kappa shape index (κ2) is 14.2. The first kappa shape index (κ1) is 33.4. The molecule has 242 valence electrons. The quantitative estimate of drug-likeness (QED) is 0.0919. The van der Waals surface area contributed by atoms with Crippen molar-refractivity contribution in [3.63, 3.8) is 0 Å². The number of unbranched alkanes of at least 4 members (excludes halogenated alkanes) is 1. The SMILES string of the molecule is COc1cccc(Nc2c(C(N)=O)cnc3c(C)cc(S(=O)(=O)c4cccc(C(=O)Nc5ccc(C#CCCC=O)cc5C)c4)cc23)c1. The molecule has 0 unspecified atom stereocenters. The van der Waals surface area contributed by atoms with Gasteiger partial charge in [0.1, 0.15) is 12.0 Å². The molecule has 0 radical (unpaired) electrons. The third kappa shape index (κ3) is 7.19.